The summed E-state index contributed by atoms with van der Waals surface area (Å²) in [4.78, 5) is 0. The fourth-order valence-electron chi connectivity index (χ4n) is 3.38. The standard InChI is InChI=1S/C13H10.C9H11.C5H5.2ClH.Zr/c1-3-7-12(8-4-1)11-13-9-5-2-6-10-13;1-2-5-9-7-3-6-8(9)4-1;1-2-4-5-3-1;;;/h1-10H;1-2,4,6,9H,3,5,7H2;1-3H,4H2;2*1H;/q;2*-1;;;+2/p-2. The van der Waals surface area contributed by atoms with Gasteiger partial charge in [0.2, 0.25) is 0 Å². The van der Waals surface area contributed by atoms with Gasteiger partial charge in [0.1, 0.15) is 0 Å². The quantitative estimate of drug-likeness (QED) is 0.518. The summed E-state index contributed by atoms with van der Waals surface area (Å²) in [5.74, 6) is 0.884. The first-order chi connectivity index (χ1) is 13.8. The topological polar surface area (TPSA) is 0 Å². The summed E-state index contributed by atoms with van der Waals surface area (Å²) in [5.41, 5.74) is 4.24. The molecule has 0 spiro atoms. The van der Waals surface area contributed by atoms with E-state index in [1.807, 2.05) is 12.2 Å². The van der Waals surface area contributed by atoms with Crippen molar-refractivity contribution in [3.8, 4) is 0 Å². The van der Waals surface area contributed by atoms with Gasteiger partial charge < -0.3 is 24.8 Å². The first kappa shape index (κ1) is 26.6. The monoisotopic (exact) mass is 510 g/mol. The Morgan fingerprint density at radius 1 is 0.867 bits per heavy atom. The minimum atomic E-state index is 0. The Bertz CT molecular complexity index is 813. The van der Waals surface area contributed by atoms with Crippen LogP contribution in [0.25, 0.3) is 0 Å². The van der Waals surface area contributed by atoms with E-state index in [0.29, 0.717) is 0 Å². The number of hydrogen-bond acceptors (Lipinski definition) is 0. The van der Waals surface area contributed by atoms with Crippen molar-refractivity contribution >= 4 is 3.21 Å². The molecule has 0 bridgehead atoms. The van der Waals surface area contributed by atoms with Crippen LogP contribution in [0.3, 0.4) is 0 Å². The Kier molecular flexibility index (Phi) is 13.7. The van der Waals surface area contributed by atoms with E-state index in [1.54, 1.807) is 5.57 Å². The number of fused-ring (bicyclic) bond motifs is 1. The zero-order valence-corrected chi connectivity index (χ0v) is 20.9. The van der Waals surface area contributed by atoms with Gasteiger partial charge in [-0.15, -0.1) is 25.0 Å². The first-order valence-corrected chi connectivity index (χ1v) is 11.2. The Labute approximate surface area is 209 Å². The number of allylic oxidation sites excluding steroid dienone is 8. The van der Waals surface area contributed by atoms with Crippen LogP contribution in [0, 0.1) is 18.4 Å². The van der Waals surface area contributed by atoms with Gasteiger partial charge in [-0.25, -0.2) is 30.2 Å². The van der Waals surface area contributed by atoms with Gasteiger partial charge in [-0.1, -0.05) is 6.42 Å². The van der Waals surface area contributed by atoms with E-state index in [2.05, 4.69) is 97.5 Å². The minimum absolute atomic E-state index is 0. The van der Waals surface area contributed by atoms with Crippen molar-refractivity contribution in [2.75, 3.05) is 0 Å². The molecule has 0 radical (unpaired) electrons. The first-order valence-electron chi connectivity index (χ1n) is 9.95. The number of hydrogen-bond donors (Lipinski definition) is 0. The predicted octanol–water partition coefficient (Wildman–Crippen LogP) is 0.603. The van der Waals surface area contributed by atoms with Gasteiger partial charge >= 0.3 is 99.2 Å². The Hall–Kier alpha value is -1.40. The van der Waals surface area contributed by atoms with Crippen LogP contribution in [0.1, 0.15) is 36.8 Å². The average Bonchev–Trinajstić information content (AvgIpc) is 3.50. The van der Waals surface area contributed by atoms with Gasteiger partial charge in [0.15, 0.2) is 0 Å². The van der Waals surface area contributed by atoms with E-state index < -0.39 is 0 Å². The van der Waals surface area contributed by atoms with Crippen molar-refractivity contribution in [3.63, 3.8) is 0 Å². The molecular formula is C27H26Cl2Zr-2. The second-order valence-electron chi connectivity index (χ2n) is 6.92. The molecule has 1 atom stereocenters. The molecule has 0 saturated heterocycles. The Balaban J connectivity index is 0.000000242. The summed E-state index contributed by atoms with van der Waals surface area (Å²) in [5, 5.41) is 0. The molecule has 1 saturated carbocycles. The maximum absolute atomic E-state index is 2.99. The van der Waals surface area contributed by atoms with Crippen LogP contribution in [0.15, 0.2) is 103 Å². The third-order valence-corrected chi connectivity index (χ3v) is 6.34. The van der Waals surface area contributed by atoms with Crippen LogP contribution in [-0.2, 0) is 24.2 Å². The van der Waals surface area contributed by atoms with Crippen LogP contribution >= 0.6 is 0 Å². The SMILES string of the molecule is C1=CCC2CC[CH-]C2=C1.[C-]1=CC=CC1.[Cl-].[Cl-].[Zr+2]=[C](c1ccccc1)c1ccccc1. The molecule has 30 heavy (non-hydrogen) atoms. The van der Waals surface area contributed by atoms with Gasteiger partial charge in [0.25, 0.3) is 0 Å². The van der Waals surface area contributed by atoms with Gasteiger partial charge in [-0.05, 0) is 12.3 Å². The van der Waals surface area contributed by atoms with E-state index in [4.69, 9.17) is 0 Å². The molecule has 2 aromatic carbocycles. The molecule has 5 rings (SSSR count). The predicted molar refractivity (Wildman–Crippen MR) is 117 cm³/mol. The molecule has 0 aromatic heterocycles. The molecule has 0 amide bonds. The normalized spacial score (nSPS) is 16.9. The Morgan fingerprint density at radius 3 is 1.97 bits per heavy atom. The van der Waals surface area contributed by atoms with Crippen LogP contribution in [0.4, 0.5) is 0 Å². The van der Waals surface area contributed by atoms with Gasteiger partial charge in [0.05, 0.1) is 0 Å². The van der Waals surface area contributed by atoms with Crippen molar-refractivity contribution in [2.45, 2.75) is 25.7 Å². The van der Waals surface area contributed by atoms with E-state index in [0.717, 1.165) is 12.3 Å². The fraction of sp³-hybridized carbons (Fsp3) is 0.185. The summed E-state index contributed by atoms with van der Waals surface area (Å²) < 4.78 is 1.42. The molecule has 3 heteroatoms. The van der Waals surface area contributed by atoms with Gasteiger partial charge in [-0.2, -0.15) is 6.08 Å². The van der Waals surface area contributed by atoms with Crippen molar-refractivity contribution in [3.05, 3.63) is 126 Å². The zero-order valence-electron chi connectivity index (χ0n) is 17.0. The molecule has 2 aromatic rings. The van der Waals surface area contributed by atoms with Crippen molar-refractivity contribution in [2.24, 2.45) is 5.92 Å². The molecule has 154 valence electrons. The summed E-state index contributed by atoms with van der Waals surface area (Å²) >= 11 is 1.46. The second kappa shape index (κ2) is 15.4. The van der Waals surface area contributed by atoms with Gasteiger partial charge in [-0.3, -0.25) is 6.08 Å². The van der Waals surface area contributed by atoms with E-state index in [1.165, 1.54) is 57.8 Å². The van der Waals surface area contributed by atoms with Gasteiger partial charge in [0, 0.05) is 0 Å². The molecule has 0 nitrogen and oxygen atoms in total. The average molecular weight is 513 g/mol. The summed E-state index contributed by atoms with van der Waals surface area (Å²) in [7, 11) is 0. The summed E-state index contributed by atoms with van der Waals surface area (Å²) in [6, 6.07) is 21.1. The summed E-state index contributed by atoms with van der Waals surface area (Å²) in [6.07, 6.45) is 23.0. The molecule has 3 aliphatic carbocycles. The fourth-order valence-corrected chi connectivity index (χ4v) is 4.20. The summed E-state index contributed by atoms with van der Waals surface area (Å²) in [6.45, 7) is 0. The van der Waals surface area contributed by atoms with Crippen molar-refractivity contribution in [1.29, 1.82) is 0 Å². The third kappa shape index (κ3) is 8.77. The van der Waals surface area contributed by atoms with Crippen molar-refractivity contribution < 1.29 is 49.0 Å². The van der Waals surface area contributed by atoms with Crippen LogP contribution in [0.5, 0.6) is 0 Å². The second-order valence-corrected chi connectivity index (χ2v) is 8.15. The third-order valence-electron chi connectivity index (χ3n) is 4.92. The van der Waals surface area contributed by atoms with E-state index in [9.17, 15) is 0 Å². The number of benzene rings is 2. The molecule has 0 N–H and O–H groups in total. The Morgan fingerprint density at radius 2 is 1.50 bits per heavy atom. The van der Waals surface area contributed by atoms with Crippen molar-refractivity contribution in [1.82, 2.24) is 0 Å². The number of rotatable bonds is 2. The van der Waals surface area contributed by atoms with Crippen LogP contribution in [0.2, 0.25) is 0 Å². The molecule has 0 heterocycles. The maximum atomic E-state index is 2.99. The van der Waals surface area contributed by atoms with E-state index in [-0.39, 0.29) is 24.8 Å². The van der Waals surface area contributed by atoms with E-state index >= 15 is 0 Å². The zero-order chi connectivity index (χ0) is 19.4. The van der Waals surface area contributed by atoms with Crippen LogP contribution < -0.4 is 24.8 Å². The molecular weight excluding hydrogens is 486 g/mol. The molecule has 0 aliphatic heterocycles. The molecule has 3 aliphatic rings. The molecule has 1 unspecified atom stereocenters. The van der Waals surface area contributed by atoms with Crippen LogP contribution in [-0.4, -0.2) is 3.21 Å². The number of halogens is 2. The molecule has 1 fully saturated rings.